The van der Waals surface area contributed by atoms with Crippen molar-refractivity contribution >= 4 is 29.0 Å². The summed E-state index contributed by atoms with van der Waals surface area (Å²) in [4.78, 5) is 21.4. The number of nitrogens with zero attached hydrogens (tertiary/aromatic N) is 2. The van der Waals surface area contributed by atoms with E-state index in [9.17, 15) is 4.79 Å². The Bertz CT molecular complexity index is 1000. The van der Waals surface area contributed by atoms with Crippen LogP contribution in [0.5, 0.6) is 11.5 Å². The number of hydrogen-bond donors (Lipinski definition) is 3. The van der Waals surface area contributed by atoms with Crippen molar-refractivity contribution in [2.45, 2.75) is 13.8 Å². The number of methoxy groups -OCH3 is 2. The van der Waals surface area contributed by atoms with Crippen LogP contribution in [0.25, 0.3) is 0 Å². The Balaban J connectivity index is 1.70. The number of nitrogens with one attached hydrogen (secondary N) is 3. The molecule has 0 fully saturated rings. The van der Waals surface area contributed by atoms with Crippen molar-refractivity contribution in [3.63, 3.8) is 0 Å². The SMILES string of the molecule is CCNc1nc(C)cc(Nc2ccc(NC(=O)c3cc(OC)cc(OC)c3)cc2)n1. The van der Waals surface area contributed by atoms with Crippen LogP contribution in [0.15, 0.2) is 48.5 Å². The van der Waals surface area contributed by atoms with Gasteiger partial charge >= 0.3 is 0 Å². The lowest BCUT2D eigenvalue weighted by molar-refractivity contribution is 0.102. The summed E-state index contributed by atoms with van der Waals surface area (Å²) < 4.78 is 10.4. The Morgan fingerprint density at radius 2 is 1.57 bits per heavy atom. The molecule has 0 aliphatic carbocycles. The van der Waals surface area contributed by atoms with Gasteiger partial charge in [-0.15, -0.1) is 0 Å². The summed E-state index contributed by atoms with van der Waals surface area (Å²) in [6.45, 7) is 4.66. The number of aromatic nitrogens is 2. The van der Waals surface area contributed by atoms with Crippen molar-refractivity contribution in [2.75, 3.05) is 36.7 Å². The molecule has 1 aromatic heterocycles. The first-order chi connectivity index (χ1) is 14.5. The Morgan fingerprint density at radius 3 is 2.17 bits per heavy atom. The fourth-order valence-corrected chi connectivity index (χ4v) is 2.80. The first kappa shape index (κ1) is 20.9. The summed E-state index contributed by atoms with van der Waals surface area (Å²) in [6.07, 6.45) is 0. The molecule has 3 rings (SSSR count). The van der Waals surface area contributed by atoms with Crippen molar-refractivity contribution in [2.24, 2.45) is 0 Å². The van der Waals surface area contributed by atoms with E-state index in [0.717, 1.165) is 17.9 Å². The largest absolute Gasteiger partial charge is 0.497 e. The fraction of sp³-hybridized carbons (Fsp3) is 0.227. The monoisotopic (exact) mass is 407 g/mol. The number of rotatable bonds is 8. The normalized spacial score (nSPS) is 10.3. The fourth-order valence-electron chi connectivity index (χ4n) is 2.80. The third-order valence-electron chi connectivity index (χ3n) is 4.22. The van der Waals surface area contributed by atoms with Gasteiger partial charge in [-0.3, -0.25) is 4.79 Å². The minimum atomic E-state index is -0.255. The molecule has 0 aliphatic rings. The number of carbonyl (C=O) groups excluding carboxylic acids is 1. The molecule has 156 valence electrons. The van der Waals surface area contributed by atoms with Gasteiger partial charge in [0.2, 0.25) is 5.95 Å². The second-order valence-corrected chi connectivity index (χ2v) is 6.51. The van der Waals surface area contributed by atoms with Gasteiger partial charge in [0, 0.05) is 41.3 Å². The lowest BCUT2D eigenvalue weighted by Gasteiger charge is -2.11. The molecule has 3 N–H and O–H groups in total. The van der Waals surface area contributed by atoms with E-state index >= 15 is 0 Å². The van der Waals surface area contributed by atoms with Crippen LogP contribution in [-0.2, 0) is 0 Å². The first-order valence-electron chi connectivity index (χ1n) is 9.51. The van der Waals surface area contributed by atoms with Crippen LogP contribution in [0, 0.1) is 6.92 Å². The van der Waals surface area contributed by atoms with Crippen molar-refractivity contribution in [3.05, 3.63) is 59.8 Å². The number of hydrogen-bond acceptors (Lipinski definition) is 7. The third-order valence-corrected chi connectivity index (χ3v) is 4.22. The van der Waals surface area contributed by atoms with E-state index in [4.69, 9.17) is 9.47 Å². The van der Waals surface area contributed by atoms with Gasteiger partial charge in [-0.1, -0.05) is 0 Å². The Kier molecular flexibility index (Phi) is 6.69. The van der Waals surface area contributed by atoms with Gasteiger partial charge in [0.05, 0.1) is 14.2 Å². The van der Waals surface area contributed by atoms with E-state index in [1.165, 1.54) is 0 Å². The molecule has 1 amide bonds. The van der Waals surface area contributed by atoms with Crippen LogP contribution in [0.2, 0.25) is 0 Å². The summed E-state index contributed by atoms with van der Waals surface area (Å²) in [5.74, 6) is 2.12. The topological polar surface area (TPSA) is 97.4 Å². The Hall–Kier alpha value is -3.81. The molecule has 2 aromatic carbocycles. The molecule has 8 heteroatoms. The zero-order chi connectivity index (χ0) is 21.5. The highest BCUT2D eigenvalue weighted by atomic mass is 16.5. The average molecular weight is 407 g/mol. The highest BCUT2D eigenvalue weighted by Crippen LogP contribution is 2.24. The molecule has 8 nitrogen and oxygen atoms in total. The quantitative estimate of drug-likeness (QED) is 0.514. The van der Waals surface area contributed by atoms with Gasteiger partial charge in [0.15, 0.2) is 0 Å². The van der Waals surface area contributed by atoms with Crippen LogP contribution < -0.4 is 25.4 Å². The van der Waals surface area contributed by atoms with E-state index in [1.54, 1.807) is 32.4 Å². The smallest absolute Gasteiger partial charge is 0.255 e. The average Bonchev–Trinajstić information content (AvgIpc) is 2.74. The molecule has 3 aromatic rings. The summed E-state index contributed by atoms with van der Waals surface area (Å²) in [7, 11) is 3.09. The molecule has 0 spiro atoms. The molecule has 30 heavy (non-hydrogen) atoms. The van der Waals surface area contributed by atoms with Crippen molar-refractivity contribution in [1.29, 1.82) is 0 Å². The molecule has 0 bridgehead atoms. The molecule has 0 saturated carbocycles. The summed E-state index contributed by atoms with van der Waals surface area (Å²) >= 11 is 0. The van der Waals surface area contributed by atoms with E-state index in [0.29, 0.717) is 34.5 Å². The number of anilines is 4. The predicted octanol–water partition coefficient (Wildman–Crippen LogP) is 4.23. The number of carbonyl (C=O) groups is 1. The zero-order valence-corrected chi connectivity index (χ0v) is 17.4. The van der Waals surface area contributed by atoms with E-state index in [2.05, 4.69) is 25.9 Å². The number of ether oxygens (including phenoxy) is 2. The summed E-state index contributed by atoms with van der Waals surface area (Å²) in [5, 5.41) is 9.23. The molecule has 0 saturated heterocycles. The Morgan fingerprint density at radius 1 is 0.933 bits per heavy atom. The van der Waals surface area contributed by atoms with Gasteiger partial charge < -0.3 is 25.4 Å². The summed E-state index contributed by atoms with van der Waals surface area (Å²) in [6, 6.07) is 14.3. The molecule has 0 aliphatic heterocycles. The van der Waals surface area contributed by atoms with Crippen LogP contribution >= 0.6 is 0 Å². The maximum atomic E-state index is 12.6. The maximum absolute atomic E-state index is 12.6. The molecular weight excluding hydrogens is 382 g/mol. The third kappa shape index (κ3) is 5.38. The van der Waals surface area contributed by atoms with Crippen molar-refractivity contribution < 1.29 is 14.3 Å². The first-order valence-corrected chi connectivity index (χ1v) is 9.51. The van der Waals surface area contributed by atoms with Crippen LogP contribution in [-0.4, -0.2) is 36.6 Å². The standard InChI is InChI=1S/C22H25N5O3/c1-5-23-22-24-14(2)10-20(27-22)25-16-6-8-17(9-7-16)26-21(28)15-11-18(29-3)13-19(12-15)30-4/h6-13H,5H2,1-4H3,(H,26,28)(H2,23,24,25,27). The number of aryl methyl sites for hydroxylation is 1. The second kappa shape index (κ2) is 9.60. The lowest BCUT2D eigenvalue weighted by Crippen LogP contribution is -2.12. The van der Waals surface area contributed by atoms with E-state index in [-0.39, 0.29) is 5.91 Å². The van der Waals surface area contributed by atoms with Crippen LogP contribution in [0.4, 0.5) is 23.1 Å². The number of benzene rings is 2. The van der Waals surface area contributed by atoms with Crippen LogP contribution in [0.3, 0.4) is 0 Å². The molecule has 0 unspecified atom stereocenters. The highest BCUT2D eigenvalue weighted by molar-refractivity contribution is 6.04. The van der Waals surface area contributed by atoms with Gasteiger partial charge in [-0.2, -0.15) is 4.98 Å². The summed E-state index contributed by atoms with van der Waals surface area (Å²) in [5.41, 5.74) is 2.82. The minimum absolute atomic E-state index is 0.255. The predicted molar refractivity (Wildman–Crippen MR) is 118 cm³/mol. The van der Waals surface area contributed by atoms with E-state index in [1.807, 2.05) is 44.2 Å². The van der Waals surface area contributed by atoms with Crippen molar-refractivity contribution in [3.8, 4) is 11.5 Å². The molecule has 0 atom stereocenters. The van der Waals surface area contributed by atoms with Crippen LogP contribution in [0.1, 0.15) is 23.0 Å². The van der Waals surface area contributed by atoms with Gasteiger partial charge in [0.25, 0.3) is 5.91 Å². The minimum Gasteiger partial charge on any atom is -0.497 e. The van der Waals surface area contributed by atoms with Crippen molar-refractivity contribution in [1.82, 2.24) is 9.97 Å². The van der Waals surface area contributed by atoms with Gasteiger partial charge in [-0.25, -0.2) is 4.98 Å². The molecular formula is C22H25N5O3. The Labute approximate surface area is 175 Å². The van der Waals surface area contributed by atoms with Gasteiger partial charge in [-0.05, 0) is 50.2 Å². The highest BCUT2D eigenvalue weighted by Gasteiger charge is 2.10. The number of amides is 1. The second-order valence-electron chi connectivity index (χ2n) is 6.51. The maximum Gasteiger partial charge on any atom is 0.255 e. The lowest BCUT2D eigenvalue weighted by atomic mass is 10.1. The van der Waals surface area contributed by atoms with E-state index < -0.39 is 0 Å². The molecule has 0 radical (unpaired) electrons. The zero-order valence-electron chi connectivity index (χ0n) is 17.4. The molecule has 1 heterocycles. The van der Waals surface area contributed by atoms with Gasteiger partial charge in [0.1, 0.15) is 17.3 Å².